The second-order valence-corrected chi connectivity index (χ2v) is 6.73. The maximum atomic E-state index is 12.4. The molecule has 30 heavy (non-hydrogen) atoms. The van der Waals surface area contributed by atoms with Crippen molar-refractivity contribution in [2.75, 3.05) is 12.1 Å². The summed E-state index contributed by atoms with van der Waals surface area (Å²) in [5.74, 6) is 0.429. The molecule has 2 amide bonds. The Bertz CT molecular complexity index is 1150. The molecular formula is C22H16ClN3O4. The van der Waals surface area contributed by atoms with E-state index in [4.69, 9.17) is 21.1 Å². The van der Waals surface area contributed by atoms with Crippen LogP contribution in [0, 0.1) is 0 Å². The van der Waals surface area contributed by atoms with Gasteiger partial charge >= 0.3 is 0 Å². The first kappa shape index (κ1) is 19.5. The van der Waals surface area contributed by atoms with Gasteiger partial charge < -0.3 is 14.8 Å². The van der Waals surface area contributed by atoms with Crippen molar-refractivity contribution in [2.24, 2.45) is 5.10 Å². The predicted octanol–water partition coefficient (Wildman–Crippen LogP) is 4.08. The van der Waals surface area contributed by atoms with Gasteiger partial charge in [-0.05, 0) is 48.0 Å². The largest absolute Gasteiger partial charge is 0.454 e. The molecule has 7 nitrogen and oxygen atoms in total. The van der Waals surface area contributed by atoms with Crippen LogP contribution in [0.2, 0.25) is 5.02 Å². The minimum Gasteiger partial charge on any atom is -0.454 e. The van der Waals surface area contributed by atoms with E-state index >= 15 is 0 Å². The van der Waals surface area contributed by atoms with Crippen LogP contribution in [-0.4, -0.2) is 24.8 Å². The summed E-state index contributed by atoms with van der Waals surface area (Å²) in [6, 6.07) is 18.7. The maximum absolute atomic E-state index is 12.4. The van der Waals surface area contributed by atoms with Gasteiger partial charge in [-0.2, -0.15) is 5.10 Å². The van der Waals surface area contributed by atoms with Crippen LogP contribution in [0.1, 0.15) is 26.3 Å². The molecule has 0 fully saturated rings. The second kappa shape index (κ2) is 8.67. The number of amides is 2. The van der Waals surface area contributed by atoms with Crippen molar-refractivity contribution in [3.8, 4) is 11.5 Å². The van der Waals surface area contributed by atoms with Crippen molar-refractivity contribution >= 4 is 35.3 Å². The smallest absolute Gasteiger partial charge is 0.271 e. The van der Waals surface area contributed by atoms with E-state index in [1.165, 1.54) is 6.21 Å². The highest BCUT2D eigenvalue weighted by Crippen LogP contribution is 2.32. The molecule has 1 aliphatic heterocycles. The highest BCUT2D eigenvalue weighted by molar-refractivity contribution is 6.34. The predicted molar refractivity (Wildman–Crippen MR) is 113 cm³/mol. The Morgan fingerprint density at radius 3 is 2.63 bits per heavy atom. The Labute approximate surface area is 177 Å². The standard InChI is InChI=1S/C22H16ClN3O4/c23-18-7-2-1-6-17(18)22(28)25-16-5-3-4-14(10-16)12-24-26-21(27)15-8-9-19-20(11-15)30-13-29-19/h1-12H,13H2,(H,25,28)(H,26,27)/b24-12+. The van der Waals surface area contributed by atoms with Crippen LogP contribution in [0.15, 0.2) is 71.8 Å². The minimum atomic E-state index is -0.382. The number of fused-ring (bicyclic) bond motifs is 1. The number of hydrogen-bond acceptors (Lipinski definition) is 5. The molecule has 1 heterocycles. The molecule has 4 rings (SSSR count). The number of carbonyl (C=O) groups excluding carboxylic acids is 2. The van der Waals surface area contributed by atoms with Gasteiger partial charge in [0.15, 0.2) is 11.5 Å². The molecule has 0 saturated heterocycles. The lowest BCUT2D eigenvalue weighted by molar-refractivity contribution is 0.0954. The Morgan fingerprint density at radius 1 is 0.933 bits per heavy atom. The van der Waals surface area contributed by atoms with Crippen molar-refractivity contribution < 1.29 is 19.1 Å². The van der Waals surface area contributed by atoms with E-state index in [2.05, 4.69) is 15.8 Å². The zero-order valence-electron chi connectivity index (χ0n) is 15.6. The van der Waals surface area contributed by atoms with Crippen LogP contribution in [-0.2, 0) is 0 Å². The van der Waals surface area contributed by atoms with Crippen molar-refractivity contribution in [3.63, 3.8) is 0 Å². The van der Waals surface area contributed by atoms with Gasteiger partial charge in [0.2, 0.25) is 6.79 Å². The van der Waals surface area contributed by atoms with Crippen LogP contribution in [0.4, 0.5) is 5.69 Å². The molecule has 0 saturated carbocycles. The summed E-state index contributed by atoms with van der Waals surface area (Å²) in [6.07, 6.45) is 1.48. The molecule has 3 aromatic rings. The van der Waals surface area contributed by atoms with Gasteiger partial charge in [-0.15, -0.1) is 0 Å². The first-order valence-electron chi connectivity index (χ1n) is 8.99. The van der Waals surface area contributed by atoms with Gasteiger partial charge in [0.05, 0.1) is 16.8 Å². The number of halogens is 1. The van der Waals surface area contributed by atoms with Crippen LogP contribution < -0.4 is 20.2 Å². The molecule has 8 heteroatoms. The van der Waals surface area contributed by atoms with Crippen molar-refractivity contribution in [1.82, 2.24) is 5.43 Å². The molecule has 0 spiro atoms. The number of ether oxygens (including phenoxy) is 2. The number of hydrogen-bond donors (Lipinski definition) is 2. The SMILES string of the molecule is O=C(N/N=C/c1cccc(NC(=O)c2ccccc2Cl)c1)c1ccc2c(c1)OCO2. The zero-order chi connectivity index (χ0) is 20.9. The number of benzene rings is 3. The topological polar surface area (TPSA) is 89.0 Å². The van der Waals surface area contributed by atoms with E-state index in [-0.39, 0.29) is 18.6 Å². The third-order valence-corrected chi connectivity index (χ3v) is 4.61. The molecule has 0 aliphatic carbocycles. The fraction of sp³-hybridized carbons (Fsp3) is 0.0455. The number of carbonyl (C=O) groups is 2. The number of hydrazone groups is 1. The van der Waals surface area contributed by atoms with Crippen molar-refractivity contribution in [1.29, 1.82) is 0 Å². The molecule has 0 bridgehead atoms. The van der Waals surface area contributed by atoms with E-state index in [1.807, 2.05) is 0 Å². The zero-order valence-corrected chi connectivity index (χ0v) is 16.3. The molecule has 0 unspecified atom stereocenters. The summed E-state index contributed by atoms with van der Waals surface area (Å²) < 4.78 is 10.5. The Morgan fingerprint density at radius 2 is 1.77 bits per heavy atom. The summed E-state index contributed by atoms with van der Waals surface area (Å²) >= 11 is 6.06. The number of anilines is 1. The number of nitrogens with zero attached hydrogens (tertiary/aromatic N) is 1. The normalized spacial score (nSPS) is 12.0. The summed E-state index contributed by atoms with van der Waals surface area (Å²) in [6.45, 7) is 0.141. The van der Waals surface area contributed by atoms with E-state index < -0.39 is 0 Å². The molecule has 1 aliphatic rings. The van der Waals surface area contributed by atoms with E-state index in [9.17, 15) is 9.59 Å². The van der Waals surface area contributed by atoms with Gasteiger partial charge in [-0.1, -0.05) is 35.9 Å². The molecule has 0 atom stereocenters. The fourth-order valence-electron chi connectivity index (χ4n) is 2.81. The van der Waals surface area contributed by atoms with Crippen LogP contribution in [0.25, 0.3) is 0 Å². The van der Waals surface area contributed by atoms with Crippen LogP contribution in [0.5, 0.6) is 11.5 Å². The summed E-state index contributed by atoms with van der Waals surface area (Å²) in [7, 11) is 0. The molecule has 0 radical (unpaired) electrons. The first-order chi connectivity index (χ1) is 14.6. The summed E-state index contributed by atoms with van der Waals surface area (Å²) in [5, 5.41) is 7.14. The number of nitrogens with one attached hydrogen (secondary N) is 2. The Balaban J connectivity index is 1.39. The molecule has 2 N–H and O–H groups in total. The maximum Gasteiger partial charge on any atom is 0.271 e. The summed E-state index contributed by atoms with van der Waals surface area (Å²) in [5.41, 5.74) is 4.51. The van der Waals surface area contributed by atoms with Crippen LogP contribution >= 0.6 is 11.6 Å². The summed E-state index contributed by atoms with van der Waals surface area (Å²) in [4.78, 5) is 24.6. The lowest BCUT2D eigenvalue weighted by atomic mass is 10.2. The van der Waals surface area contributed by atoms with Gasteiger partial charge in [0, 0.05) is 11.3 Å². The number of rotatable bonds is 5. The molecule has 0 aromatic heterocycles. The average molecular weight is 422 g/mol. The van der Waals surface area contributed by atoms with Gasteiger partial charge in [-0.3, -0.25) is 9.59 Å². The third-order valence-electron chi connectivity index (χ3n) is 4.28. The highest BCUT2D eigenvalue weighted by atomic mass is 35.5. The average Bonchev–Trinajstić information content (AvgIpc) is 3.22. The van der Waals surface area contributed by atoms with E-state index in [0.717, 1.165) is 0 Å². The first-order valence-corrected chi connectivity index (χ1v) is 9.37. The van der Waals surface area contributed by atoms with Crippen molar-refractivity contribution in [3.05, 3.63) is 88.4 Å². The van der Waals surface area contributed by atoms with Gasteiger partial charge in [-0.25, -0.2) is 5.43 Å². The van der Waals surface area contributed by atoms with E-state index in [1.54, 1.807) is 66.7 Å². The second-order valence-electron chi connectivity index (χ2n) is 6.33. The molecular weight excluding hydrogens is 406 g/mol. The third kappa shape index (κ3) is 4.42. The van der Waals surface area contributed by atoms with E-state index in [0.29, 0.717) is 38.9 Å². The lowest BCUT2D eigenvalue weighted by Crippen LogP contribution is -2.17. The Kier molecular flexibility index (Phi) is 5.63. The highest BCUT2D eigenvalue weighted by Gasteiger charge is 2.16. The minimum absolute atomic E-state index is 0.141. The van der Waals surface area contributed by atoms with Crippen molar-refractivity contribution in [2.45, 2.75) is 0 Å². The lowest BCUT2D eigenvalue weighted by Gasteiger charge is -2.07. The quantitative estimate of drug-likeness (QED) is 0.479. The van der Waals surface area contributed by atoms with Gasteiger partial charge in [0.1, 0.15) is 0 Å². The van der Waals surface area contributed by atoms with Gasteiger partial charge in [0.25, 0.3) is 11.8 Å². The molecule has 3 aromatic carbocycles. The fourth-order valence-corrected chi connectivity index (χ4v) is 3.03. The monoisotopic (exact) mass is 421 g/mol. The Hall–Kier alpha value is -3.84. The molecule has 150 valence electrons. The van der Waals surface area contributed by atoms with Crippen LogP contribution in [0.3, 0.4) is 0 Å².